The van der Waals surface area contributed by atoms with E-state index < -0.39 is 6.04 Å². The standard InChI is InChI=1S/C25H21ClN4O2S/c1-15-12-16(4-6-19(15)25(32)30-9-2-3-10-30)24(31)29-22(17-8-11-33-14-17)23-27-20-7-5-18(26)13-21(20)28-23/h2-8,11-14,22H,9-10H2,1H3,(H,27,28)(H,29,31). The summed E-state index contributed by atoms with van der Waals surface area (Å²) in [7, 11) is 0. The SMILES string of the molecule is Cc1cc(C(=O)NC(c2ccsc2)c2nc3cc(Cl)ccc3[nH]2)ccc1C(=O)N1CC=CC1. The molecule has 3 heterocycles. The van der Waals surface area contributed by atoms with Crippen molar-refractivity contribution < 1.29 is 9.59 Å². The second-order valence-electron chi connectivity index (χ2n) is 7.96. The average Bonchev–Trinajstić information content (AvgIpc) is 3.58. The molecule has 5 rings (SSSR count). The highest BCUT2D eigenvalue weighted by Gasteiger charge is 2.23. The van der Waals surface area contributed by atoms with Crippen LogP contribution in [0.15, 0.2) is 65.4 Å². The number of H-pyrrole nitrogens is 1. The van der Waals surface area contributed by atoms with Crippen molar-refractivity contribution in [1.29, 1.82) is 0 Å². The zero-order valence-corrected chi connectivity index (χ0v) is 19.4. The summed E-state index contributed by atoms with van der Waals surface area (Å²) in [5, 5.41) is 7.65. The Labute approximate surface area is 199 Å². The lowest BCUT2D eigenvalue weighted by molar-refractivity contribution is 0.0798. The number of hydrogen-bond donors (Lipinski definition) is 2. The summed E-state index contributed by atoms with van der Waals surface area (Å²) in [5.74, 6) is 0.361. The molecule has 0 radical (unpaired) electrons. The number of carbonyl (C=O) groups is 2. The first-order valence-electron chi connectivity index (χ1n) is 10.5. The molecule has 2 amide bonds. The number of hydrogen-bond acceptors (Lipinski definition) is 4. The minimum Gasteiger partial charge on any atom is -0.340 e. The second-order valence-corrected chi connectivity index (χ2v) is 9.17. The highest BCUT2D eigenvalue weighted by molar-refractivity contribution is 7.08. The molecule has 1 aliphatic heterocycles. The van der Waals surface area contributed by atoms with Crippen LogP contribution in [-0.2, 0) is 0 Å². The van der Waals surface area contributed by atoms with Crippen LogP contribution in [0.1, 0.15) is 43.7 Å². The van der Waals surface area contributed by atoms with E-state index in [-0.39, 0.29) is 11.8 Å². The zero-order valence-electron chi connectivity index (χ0n) is 17.8. The number of benzene rings is 2. The van der Waals surface area contributed by atoms with Gasteiger partial charge in [-0.3, -0.25) is 9.59 Å². The molecule has 8 heteroatoms. The summed E-state index contributed by atoms with van der Waals surface area (Å²) in [6.07, 6.45) is 3.96. The zero-order chi connectivity index (χ0) is 22.9. The fourth-order valence-electron chi connectivity index (χ4n) is 3.96. The molecule has 4 aromatic rings. The predicted octanol–water partition coefficient (Wildman–Crippen LogP) is 5.12. The normalized spacial score (nSPS) is 14.1. The maximum Gasteiger partial charge on any atom is 0.254 e. The van der Waals surface area contributed by atoms with Gasteiger partial charge >= 0.3 is 0 Å². The van der Waals surface area contributed by atoms with Crippen molar-refractivity contribution in [3.05, 3.63) is 98.5 Å². The number of halogens is 1. The van der Waals surface area contributed by atoms with E-state index in [1.54, 1.807) is 46.6 Å². The number of rotatable bonds is 5. The molecule has 2 N–H and O–H groups in total. The predicted molar refractivity (Wildman–Crippen MR) is 131 cm³/mol. The van der Waals surface area contributed by atoms with Crippen LogP contribution in [0.4, 0.5) is 0 Å². The molecule has 2 aromatic heterocycles. The molecule has 2 aromatic carbocycles. The van der Waals surface area contributed by atoms with Crippen LogP contribution in [0.3, 0.4) is 0 Å². The van der Waals surface area contributed by atoms with Crippen molar-refractivity contribution in [2.75, 3.05) is 13.1 Å². The van der Waals surface area contributed by atoms with Gasteiger partial charge in [-0.1, -0.05) is 23.8 Å². The summed E-state index contributed by atoms with van der Waals surface area (Å²) < 4.78 is 0. The summed E-state index contributed by atoms with van der Waals surface area (Å²) in [4.78, 5) is 35.7. The Morgan fingerprint density at radius 3 is 2.70 bits per heavy atom. The third-order valence-electron chi connectivity index (χ3n) is 5.71. The van der Waals surface area contributed by atoms with E-state index in [0.717, 1.165) is 22.2 Å². The lowest BCUT2D eigenvalue weighted by Gasteiger charge is -2.18. The van der Waals surface area contributed by atoms with E-state index in [9.17, 15) is 9.59 Å². The third-order valence-corrected chi connectivity index (χ3v) is 6.65. The fourth-order valence-corrected chi connectivity index (χ4v) is 4.81. The maximum absolute atomic E-state index is 13.2. The lowest BCUT2D eigenvalue weighted by Crippen LogP contribution is -2.31. The molecule has 6 nitrogen and oxygen atoms in total. The van der Waals surface area contributed by atoms with Crippen LogP contribution in [-0.4, -0.2) is 39.8 Å². The van der Waals surface area contributed by atoms with Crippen molar-refractivity contribution in [2.45, 2.75) is 13.0 Å². The van der Waals surface area contributed by atoms with Crippen LogP contribution < -0.4 is 5.32 Å². The Hall–Kier alpha value is -3.42. The third kappa shape index (κ3) is 4.29. The number of aromatic nitrogens is 2. The Morgan fingerprint density at radius 1 is 1.15 bits per heavy atom. The molecule has 0 bridgehead atoms. The van der Waals surface area contributed by atoms with Gasteiger partial charge in [-0.15, -0.1) is 0 Å². The second kappa shape index (κ2) is 8.84. The van der Waals surface area contributed by atoms with Gasteiger partial charge in [0.1, 0.15) is 11.9 Å². The Balaban J connectivity index is 1.42. The number of nitrogens with zero attached hydrogens (tertiary/aromatic N) is 2. The van der Waals surface area contributed by atoms with Gasteiger partial charge < -0.3 is 15.2 Å². The van der Waals surface area contributed by atoms with Gasteiger partial charge in [0.05, 0.1) is 11.0 Å². The molecule has 0 saturated heterocycles. The van der Waals surface area contributed by atoms with E-state index in [1.165, 1.54) is 0 Å². The topological polar surface area (TPSA) is 78.1 Å². The van der Waals surface area contributed by atoms with Crippen LogP contribution in [0, 0.1) is 6.92 Å². The van der Waals surface area contributed by atoms with Gasteiger partial charge in [0.15, 0.2) is 0 Å². The summed E-state index contributed by atoms with van der Waals surface area (Å²) in [6.45, 7) is 3.09. The van der Waals surface area contributed by atoms with Crippen LogP contribution in [0.25, 0.3) is 11.0 Å². The molecular formula is C25H21ClN4O2S. The van der Waals surface area contributed by atoms with Crippen molar-refractivity contribution in [3.8, 4) is 0 Å². The van der Waals surface area contributed by atoms with Crippen LogP contribution in [0.2, 0.25) is 5.02 Å². The van der Waals surface area contributed by atoms with Crippen molar-refractivity contribution in [3.63, 3.8) is 0 Å². The Kier molecular flexibility index (Phi) is 5.74. The van der Waals surface area contributed by atoms with E-state index in [1.807, 2.05) is 42.0 Å². The van der Waals surface area contributed by atoms with Crippen LogP contribution >= 0.6 is 22.9 Å². The van der Waals surface area contributed by atoms with Gasteiger partial charge in [0.25, 0.3) is 11.8 Å². The maximum atomic E-state index is 13.2. The van der Waals surface area contributed by atoms with E-state index in [2.05, 4.69) is 15.3 Å². The lowest BCUT2D eigenvalue weighted by atomic mass is 10.0. The molecule has 0 saturated carbocycles. The van der Waals surface area contributed by atoms with Gasteiger partial charge in [-0.05, 0) is 71.3 Å². The number of thiophene rings is 1. The molecule has 1 unspecified atom stereocenters. The Morgan fingerprint density at radius 2 is 1.97 bits per heavy atom. The van der Waals surface area contributed by atoms with Crippen LogP contribution in [0.5, 0.6) is 0 Å². The fraction of sp³-hybridized carbons (Fsp3) is 0.160. The van der Waals surface area contributed by atoms with E-state index in [4.69, 9.17) is 11.6 Å². The first-order chi connectivity index (χ1) is 16.0. The van der Waals surface area contributed by atoms with Gasteiger partial charge in [0.2, 0.25) is 0 Å². The number of amides is 2. The molecular weight excluding hydrogens is 456 g/mol. The number of aryl methyl sites for hydroxylation is 1. The molecule has 166 valence electrons. The average molecular weight is 477 g/mol. The largest absolute Gasteiger partial charge is 0.340 e. The first-order valence-corrected chi connectivity index (χ1v) is 11.8. The molecule has 0 aliphatic carbocycles. The Bertz CT molecular complexity index is 1370. The molecule has 0 spiro atoms. The summed E-state index contributed by atoms with van der Waals surface area (Å²) in [5.41, 5.74) is 4.39. The van der Waals surface area contributed by atoms with Gasteiger partial charge in [0, 0.05) is 29.2 Å². The minimum atomic E-state index is -0.452. The quantitative estimate of drug-likeness (QED) is 0.392. The molecule has 1 atom stereocenters. The van der Waals surface area contributed by atoms with E-state index >= 15 is 0 Å². The molecule has 1 aliphatic rings. The smallest absolute Gasteiger partial charge is 0.254 e. The highest BCUT2D eigenvalue weighted by atomic mass is 35.5. The van der Waals surface area contributed by atoms with Crippen molar-refractivity contribution >= 4 is 45.8 Å². The van der Waals surface area contributed by atoms with E-state index in [0.29, 0.717) is 35.1 Å². The highest BCUT2D eigenvalue weighted by Crippen LogP contribution is 2.26. The number of aromatic amines is 1. The number of fused-ring (bicyclic) bond motifs is 1. The minimum absolute atomic E-state index is 0.0263. The van der Waals surface area contributed by atoms with Gasteiger partial charge in [-0.25, -0.2) is 4.98 Å². The monoisotopic (exact) mass is 476 g/mol. The van der Waals surface area contributed by atoms with Gasteiger partial charge in [-0.2, -0.15) is 11.3 Å². The van der Waals surface area contributed by atoms with Crippen molar-refractivity contribution in [1.82, 2.24) is 20.2 Å². The first kappa shape index (κ1) is 21.4. The summed E-state index contributed by atoms with van der Waals surface area (Å²) in [6, 6.07) is 12.2. The number of imidazole rings is 1. The molecule has 33 heavy (non-hydrogen) atoms. The number of nitrogens with one attached hydrogen (secondary N) is 2. The molecule has 0 fully saturated rings. The van der Waals surface area contributed by atoms with Crippen molar-refractivity contribution in [2.24, 2.45) is 0 Å². The summed E-state index contributed by atoms with van der Waals surface area (Å²) >= 11 is 7.66. The number of carbonyl (C=O) groups excluding carboxylic acids is 2.